The van der Waals surface area contributed by atoms with Gasteiger partial charge in [-0.2, -0.15) is 0 Å². The van der Waals surface area contributed by atoms with Crippen LogP contribution in [0.15, 0.2) is 18.2 Å². The summed E-state index contributed by atoms with van der Waals surface area (Å²) in [6.07, 6.45) is 2.10. The Bertz CT molecular complexity index is 461. The number of carbonyl (C=O) groups excluding carboxylic acids is 1. The highest BCUT2D eigenvalue weighted by molar-refractivity contribution is 5.78. The van der Waals surface area contributed by atoms with Crippen LogP contribution in [0.25, 0.3) is 0 Å². The summed E-state index contributed by atoms with van der Waals surface area (Å²) < 4.78 is 19.0. The average Bonchev–Trinajstić information content (AvgIpc) is 3.21. The molecule has 1 fully saturated rings. The van der Waals surface area contributed by atoms with Crippen LogP contribution < -0.4 is 10.1 Å². The predicted octanol–water partition coefficient (Wildman–Crippen LogP) is 1.54. The van der Waals surface area contributed by atoms with E-state index >= 15 is 0 Å². The summed E-state index contributed by atoms with van der Waals surface area (Å²) in [5.74, 6) is -0.423. The molecule has 0 heterocycles. The molecule has 1 aliphatic rings. The quantitative estimate of drug-likeness (QED) is 0.849. The molecule has 0 aliphatic heterocycles. The van der Waals surface area contributed by atoms with Crippen LogP contribution in [-0.2, 0) is 11.3 Å². The number of nitrogens with one attached hydrogen (secondary N) is 1. The third kappa shape index (κ3) is 3.67. The fourth-order valence-electron chi connectivity index (χ4n) is 1.88. The Morgan fingerprint density at radius 1 is 1.53 bits per heavy atom. The van der Waals surface area contributed by atoms with Crippen molar-refractivity contribution in [3.8, 4) is 5.75 Å². The minimum absolute atomic E-state index is 0.110. The van der Waals surface area contributed by atoms with Crippen molar-refractivity contribution in [2.75, 3.05) is 20.7 Å². The van der Waals surface area contributed by atoms with Crippen molar-refractivity contribution in [3.05, 3.63) is 29.6 Å². The summed E-state index contributed by atoms with van der Waals surface area (Å²) in [6, 6.07) is 5.11. The normalized spacial score (nSPS) is 14.3. The van der Waals surface area contributed by atoms with E-state index in [-0.39, 0.29) is 18.3 Å². The Balaban J connectivity index is 1.90. The number of ether oxygens (including phenoxy) is 1. The lowest BCUT2D eigenvalue weighted by molar-refractivity contribution is -0.132. The average molecular weight is 266 g/mol. The van der Waals surface area contributed by atoms with Gasteiger partial charge in [-0.15, -0.1) is 0 Å². The first-order chi connectivity index (χ1) is 9.11. The number of hydrogen-bond donors (Lipinski definition) is 1. The van der Waals surface area contributed by atoms with Gasteiger partial charge in [0.05, 0.1) is 0 Å². The molecule has 1 aromatic rings. The zero-order valence-electron chi connectivity index (χ0n) is 11.3. The monoisotopic (exact) mass is 266 g/mol. The van der Waals surface area contributed by atoms with E-state index in [2.05, 4.69) is 5.32 Å². The summed E-state index contributed by atoms with van der Waals surface area (Å²) >= 11 is 0. The molecule has 1 aliphatic carbocycles. The maximum Gasteiger partial charge on any atom is 0.260 e. The fraction of sp³-hybridized carbons (Fsp3) is 0.500. The lowest BCUT2D eigenvalue weighted by Gasteiger charge is -2.16. The second kappa shape index (κ2) is 6.02. The van der Waals surface area contributed by atoms with Gasteiger partial charge in [0.1, 0.15) is 0 Å². The third-order valence-corrected chi connectivity index (χ3v) is 3.22. The number of halogens is 1. The minimum Gasteiger partial charge on any atom is -0.481 e. The number of hydrogen-bond acceptors (Lipinski definition) is 3. The Kier molecular flexibility index (Phi) is 4.37. The molecule has 5 heteroatoms. The lowest BCUT2D eigenvalue weighted by Crippen LogP contribution is -2.33. The maximum atomic E-state index is 13.7. The summed E-state index contributed by atoms with van der Waals surface area (Å²) in [4.78, 5) is 13.4. The van der Waals surface area contributed by atoms with Crippen molar-refractivity contribution in [1.82, 2.24) is 10.2 Å². The zero-order valence-corrected chi connectivity index (χ0v) is 11.3. The molecule has 0 atom stereocenters. The molecule has 0 aromatic heterocycles. The van der Waals surface area contributed by atoms with Gasteiger partial charge in [0.15, 0.2) is 18.2 Å². The van der Waals surface area contributed by atoms with Gasteiger partial charge in [0.2, 0.25) is 0 Å². The minimum atomic E-state index is -0.436. The molecule has 0 spiro atoms. The summed E-state index contributed by atoms with van der Waals surface area (Å²) in [6.45, 7) is 0.482. The summed E-state index contributed by atoms with van der Waals surface area (Å²) in [5.41, 5.74) is 0.841. The van der Waals surface area contributed by atoms with Crippen molar-refractivity contribution in [2.24, 2.45) is 0 Å². The van der Waals surface area contributed by atoms with E-state index in [1.54, 1.807) is 31.1 Å². The van der Waals surface area contributed by atoms with Crippen LogP contribution in [0.5, 0.6) is 5.75 Å². The lowest BCUT2D eigenvalue weighted by atomic mass is 10.2. The number of benzene rings is 1. The Morgan fingerprint density at radius 3 is 2.84 bits per heavy atom. The largest absolute Gasteiger partial charge is 0.481 e. The van der Waals surface area contributed by atoms with Gasteiger partial charge in [-0.1, -0.05) is 6.07 Å². The van der Waals surface area contributed by atoms with Crippen LogP contribution in [0.2, 0.25) is 0 Å². The molecule has 1 N–H and O–H groups in total. The molecule has 104 valence electrons. The van der Waals surface area contributed by atoms with Crippen molar-refractivity contribution >= 4 is 5.91 Å². The van der Waals surface area contributed by atoms with E-state index in [0.717, 1.165) is 18.4 Å². The summed E-state index contributed by atoms with van der Waals surface area (Å²) in [5, 5.41) is 2.95. The van der Waals surface area contributed by atoms with Gasteiger partial charge in [-0.05, 0) is 37.6 Å². The van der Waals surface area contributed by atoms with E-state index in [1.165, 1.54) is 6.07 Å². The van der Waals surface area contributed by atoms with E-state index in [1.807, 2.05) is 0 Å². The second-order valence-corrected chi connectivity index (χ2v) is 4.82. The van der Waals surface area contributed by atoms with Gasteiger partial charge in [0.25, 0.3) is 5.91 Å². The Morgan fingerprint density at radius 2 is 2.26 bits per heavy atom. The number of rotatable bonds is 6. The van der Waals surface area contributed by atoms with Gasteiger partial charge >= 0.3 is 0 Å². The smallest absolute Gasteiger partial charge is 0.260 e. The molecule has 0 unspecified atom stereocenters. The molecular formula is C14H19FN2O2. The van der Waals surface area contributed by atoms with Crippen LogP contribution in [0.1, 0.15) is 18.4 Å². The SMILES string of the molecule is CNCc1ccc(OCC(=O)N(C)C2CC2)c(F)c1. The van der Waals surface area contributed by atoms with Crippen LogP contribution >= 0.6 is 0 Å². The van der Waals surface area contributed by atoms with Gasteiger partial charge in [-0.25, -0.2) is 4.39 Å². The molecule has 1 saturated carbocycles. The van der Waals surface area contributed by atoms with Crippen LogP contribution in [-0.4, -0.2) is 37.6 Å². The van der Waals surface area contributed by atoms with Gasteiger partial charge in [-0.3, -0.25) is 4.79 Å². The van der Waals surface area contributed by atoms with E-state index in [0.29, 0.717) is 12.6 Å². The van der Waals surface area contributed by atoms with Gasteiger partial charge in [0, 0.05) is 19.6 Å². The molecule has 0 radical (unpaired) electrons. The first kappa shape index (κ1) is 13.8. The number of likely N-dealkylation sites (N-methyl/N-ethyl adjacent to an activating group) is 1. The highest BCUT2D eigenvalue weighted by Crippen LogP contribution is 2.25. The highest BCUT2D eigenvalue weighted by atomic mass is 19.1. The molecule has 2 rings (SSSR count). The van der Waals surface area contributed by atoms with Crippen molar-refractivity contribution in [2.45, 2.75) is 25.4 Å². The molecule has 1 amide bonds. The maximum absolute atomic E-state index is 13.7. The van der Waals surface area contributed by atoms with Crippen molar-refractivity contribution in [3.63, 3.8) is 0 Å². The van der Waals surface area contributed by atoms with Crippen molar-refractivity contribution < 1.29 is 13.9 Å². The second-order valence-electron chi connectivity index (χ2n) is 4.82. The van der Waals surface area contributed by atoms with E-state index in [9.17, 15) is 9.18 Å². The number of carbonyl (C=O) groups is 1. The fourth-order valence-corrected chi connectivity index (χ4v) is 1.88. The number of nitrogens with zero attached hydrogens (tertiary/aromatic N) is 1. The molecular weight excluding hydrogens is 247 g/mol. The number of amides is 1. The third-order valence-electron chi connectivity index (χ3n) is 3.22. The topological polar surface area (TPSA) is 41.6 Å². The Labute approximate surface area is 112 Å². The van der Waals surface area contributed by atoms with Crippen LogP contribution in [0.3, 0.4) is 0 Å². The molecule has 0 bridgehead atoms. The molecule has 4 nitrogen and oxygen atoms in total. The van der Waals surface area contributed by atoms with Crippen molar-refractivity contribution in [1.29, 1.82) is 0 Å². The standard InChI is InChI=1S/C14H19FN2O2/c1-16-8-10-3-6-13(12(15)7-10)19-9-14(18)17(2)11-4-5-11/h3,6-7,11,16H,4-5,8-9H2,1-2H3. The highest BCUT2D eigenvalue weighted by Gasteiger charge is 2.29. The predicted molar refractivity (Wildman–Crippen MR) is 70.5 cm³/mol. The first-order valence-corrected chi connectivity index (χ1v) is 6.43. The van der Waals surface area contributed by atoms with Crippen LogP contribution in [0.4, 0.5) is 4.39 Å². The van der Waals surface area contributed by atoms with E-state index in [4.69, 9.17) is 4.74 Å². The van der Waals surface area contributed by atoms with E-state index < -0.39 is 5.82 Å². The molecule has 19 heavy (non-hydrogen) atoms. The first-order valence-electron chi connectivity index (χ1n) is 6.43. The summed E-state index contributed by atoms with van der Waals surface area (Å²) in [7, 11) is 3.56. The van der Waals surface area contributed by atoms with Crippen LogP contribution in [0, 0.1) is 5.82 Å². The molecule has 1 aromatic carbocycles. The van der Waals surface area contributed by atoms with Gasteiger partial charge < -0.3 is 15.0 Å². The Hall–Kier alpha value is -1.62. The molecule has 0 saturated heterocycles. The zero-order chi connectivity index (χ0) is 13.8.